The Morgan fingerprint density at radius 1 is 0.828 bits per heavy atom. The normalized spacial score (nSPS) is 18.8. The molecule has 2 aromatic rings. The Kier molecular flexibility index (Phi) is 7.61. The van der Waals surface area contributed by atoms with Gasteiger partial charge in [0.2, 0.25) is 0 Å². The van der Waals surface area contributed by atoms with E-state index in [4.69, 9.17) is 19.8 Å². The summed E-state index contributed by atoms with van der Waals surface area (Å²) in [6, 6.07) is 16.5. The fourth-order valence-electron chi connectivity index (χ4n) is 4.32. The molecule has 2 aliphatic heterocycles. The molecule has 6 nitrogen and oxygen atoms in total. The van der Waals surface area contributed by atoms with Crippen molar-refractivity contribution in [1.82, 2.24) is 9.80 Å². The quantitative estimate of drug-likeness (QED) is 0.771. The van der Waals surface area contributed by atoms with E-state index < -0.39 is 11.9 Å². The van der Waals surface area contributed by atoms with Gasteiger partial charge in [-0.15, -0.1) is 0 Å². The maximum absolute atomic E-state index is 9.10. The summed E-state index contributed by atoms with van der Waals surface area (Å²) in [7, 11) is 0. The number of hydrogen-bond acceptors (Lipinski definition) is 4. The van der Waals surface area contributed by atoms with E-state index in [-0.39, 0.29) is 0 Å². The van der Waals surface area contributed by atoms with Gasteiger partial charge in [0.15, 0.2) is 0 Å². The third-order valence-corrected chi connectivity index (χ3v) is 5.87. The number of fused-ring (bicyclic) bond motifs is 1. The van der Waals surface area contributed by atoms with E-state index in [1.54, 1.807) is 0 Å². The van der Waals surface area contributed by atoms with Crippen LogP contribution in [0.4, 0.5) is 0 Å². The lowest BCUT2D eigenvalue weighted by molar-refractivity contribution is -0.159. The minimum absolute atomic E-state index is 0.850. The smallest absolute Gasteiger partial charge is 0.414 e. The number of carboxylic acids is 2. The maximum atomic E-state index is 9.10. The third kappa shape index (κ3) is 6.27. The molecule has 29 heavy (non-hydrogen) atoms. The fourth-order valence-corrected chi connectivity index (χ4v) is 4.32. The van der Waals surface area contributed by atoms with Crippen molar-refractivity contribution in [3.05, 3.63) is 48.0 Å². The van der Waals surface area contributed by atoms with Crippen LogP contribution in [0.15, 0.2) is 42.5 Å². The Bertz CT molecular complexity index is 812. The van der Waals surface area contributed by atoms with Gasteiger partial charge in [0, 0.05) is 12.6 Å². The van der Waals surface area contributed by atoms with Gasteiger partial charge >= 0.3 is 11.9 Å². The lowest BCUT2D eigenvalue weighted by Gasteiger charge is -2.40. The highest BCUT2D eigenvalue weighted by atomic mass is 16.4. The second kappa shape index (κ2) is 10.4. The van der Waals surface area contributed by atoms with Crippen molar-refractivity contribution in [3.63, 3.8) is 0 Å². The van der Waals surface area contributed by atoms with Crippen LogP contribution >= 0.6 is 0 Å². The van der Waals surface area contributed by atoms with Crippen molar-refractivity contribution < 1.29 is 19.8 Å². The van der Waals surface area contributed by atoms with Gasteiger partial charge in [0.1, 0.15) is 0 Å². The minimum atomic E-state index is -1.82. The summed E-state index contributed by atoms with van der Waals surface area (Å²) >= 11 is 0. The lowest BCUT2D eigenvalue weighted by atomic mass is 9.99. The highest BCUT2D eigenvalue weighted by Gasteiger charge is 2.25. The first-order valence-corrected chi connectivity index (χ1v) is 10.4. The van der Waals surface area contributed by atoms with E-state index in [2.05, 4.69) is 52.3 Å². The van der Waals surface area contributed by atoms with Crippen molar-refractivity contribution in [1.29, 1.82) is 0 Å². The van der Waals surface area contributed by atoms with Crippen molar-refractivity contribution in [2.45, 2.75) is 44.7 Å². The molecule has 0 aliphatic carbocycles. The SMILES string of the molecule is O=C(O)C(=O)O.c1ccc2cc(CN3CCC(N4CCCCC4)CC3)ccc2c1. The van der Waals surface area contributed by atoms with Gasteiger partial charge < -0.3 is 15.1 Å². The third-order valence-electron chi connectivity index (χ3n) is 5.87. The summed E-state index contributed by atoms with van der Waals surface area (Å²) in [5.41, 5.74) is 1.46. The van der Waals surface area contributed by atoms with Gasteiger partial charge in [-0.2, -0.15) is 0 Å². The molecule has 0 aromatic heterocycles. The summed E-state index contributed by atoms with van der Waals surface area (Å²) in [5, 5.41) is 17.5. The molecule has 0 amide bonds. The summed E-state index contributed by atoms with van der Waals surface area (Å²) < 4.78 is 0. The lowest BCUT2D eigenvalue weighted by Crippen LogP contribution is -2.46. The predicted octanol–water partition coefficient (Wildman–Crippen LogP) is 3.45. The van der Waals surface area contributed by atoms with Crippen LogP contribution in [-0.4, -0.2) is 64.2 Å². The van der Waals surface area contributed by atoms with Crippen molar-refractivity contribution in [2.24, 2.45) is 0 Å². The Labute approximate surface area is 171 Å². The molecule has 2 aromatic carbocycles. The van der Waals surface area contributed by atoms with Gasteiger partial charge in [-0.1, -0.05) is 42.8 Å². The molecule has 0 spiro atoms. The van der Waals surface area contributed by atoms with Crippen LogP contribution in [0.25, 0.3) is 10.8 Å². The molecule has 156 valence electrons. The molecule has 2 heterocycles. The van der Waals surface area contributed by atoms with E-state index in [1.165, 1.54) is 74.6 Å². The van der Waals surface area contributed by atoms with Crippen LogP contribution < -0.4 is 0 Å². The average molecular weight is 399 g/mol. The van der Waals surface area contributed by atoms with E-state index in [0.29, 0.717) is 0 Å². The van der Waals surface area contributed by atoms with Gasteiger partial charge in [0.05, 0.1) is 0 Å². The van der Waals surface area contributed by atoms with Gasteiger partial charge in [-0.3, -0.25) is 4.90 Å². The maximum Gasteiger partial charge on any atom is 0.414 e. The van der Waals surface area contributed by atoms with Crippen molar-refractivity contribution >= 4 is 22.7 Å². The van der Waals surface area contributed by atoms with Crippen LogP contribution in [0.1, 0.15) is 37.7 Å². The molecule has 0 bridgehead atoms. The first kappa shape index (κ1) is 21.3. The molecule has 0 unspecified atom stereocenters. The molecule has 2 aliphatic rings. The second-order valence-corrected chi connectivity index (χ2v) is 7.90. The predicted molar refractivity (Wildman–Crippen MR) is 113 cm³/mol. The average Bonchev–Trinajstić information content (AvgIpc) is 2.75. The Hall–Kier alpha value is -2.44. The summed E-state index contributed by atoms with van der Waals surface area (Å²) in [5.74, 6) is -3.65. The molecule has 0 saturated carbocycles. The van der Waals surface area contributed by atoms with Crippen LogP contribution in [-0.2, 0) is 16.1 Å². The molecule has 0 radical (unpaired) electrons. The number of rotatable bonds is 3. The number of nitrogens with zero attached hydrogens (tertiary/aromatic N) is 2. The van der Waals surface area contributed by atoms with E-state index in [9.17, 15) is 0 Å². The molecule has 2 saturated heterocycles. The van der Waals surface area contributed by atoms with Crippen LogP contribution in [0.3, 0.4) is 0 Å². The number of aliphatic carboxylic acids is 2. The van der Waals surface area contributed by atoms with Crippen LogP contribution in [0, 0.1) is 0 Å². The zero-order chi connectivity index (χ0) is 20.6. The number of piperidine rings is 2. The highest BCUT2D eigenvalue weighted by molar-refractivity contribution is 6.27. The van der Waals surface area contributed by atoms with Crippen LogP contribution in [0.2, 0.25) is 0 Å². The van der Waals surface area contributed by atoms with Crippen molar-refractivity contribution in [3.8, 4) is 0 Å². The molecule has 2 N–H and O–H groups in total. The van der Waals surface area contributed by atoms with Gasteiger partial charge in [-0.05, 0) is 74.3 Å². The van der Waals surface area contributed by atoms with E-state index in [0.717, 1.165) is 12.6 Å². The van der Waals surface area contributed by atoms with Crippen LogP contribution in [0.5, 0.6) is 0 Å². The first-order valence-electron chi connectivity index (χ1n) is 10.4. The molecular formula is C23H30N2O4. The Morgan fingerprint density at radius 2 is 1.45 bits per heavy atom. The van der Waals surface area contributed by atoms with E-state index >= 15 is 0 Å². The number of hydrogen-bond donors (Lipinski definition) is 2. The summed E-state index contributed by atoms with van der Waals surface area (Å²) in [6.45, 7) is 6.31. The molecule has 2 fully saturated rings. The van der Waals surface area contributed by atoms with Gasteiger partial charge in [-0.25, -0.2) is 9.59 Å². The van der Waals surface area contributed by atoms with Gasteiger partial charge in [0.25, 0.3) is 0 Å². The number of likely N-dealkylation sites (tertiary alicyclic amines) is 2. The number of carbonyl (C=O) groups is 2. The molecular weight excluding hydrogens is 368 g/mol. The minimum Gasteiger partial charge on any atom is -0.473 e. The summed E-state index contributed by atoms with van der Waals surface area (Å²) in [6.07, 6.45) is 6.98. The largest absolute Gasteiger partial charge is 0.473 e. The fraction of sp³-hybridized carbons (Fsp3) is 0.478. The van der Waals surface area contributed by atoms with E-state index in [1.807, 2.05) is 0 Å². The molecule has 0 atom stereocenters. The number of carboxylic acid groups (broad SMARTS) is 2. The number of benzene rings is 2. The topological polar surface area (TPSA) is 81.1 Å². The summed E-state index contributed by atoms with van der Waals surface area (Å²) in [4.78, 5) is 23.6. The Balaban J connectivity index is 0.000000353. The zero-order valence-electron chi connectivity index (χ0n) is 16.8. The Morgan fingerprint density at radius 3 is 2.07 bits per heavy atom. The standard InChI is InChI=1S/C21H28N2.C2H2O4/c1-4-12-23(13-5-1)21-10-14-22(15-11-21)17-18-8-9-19-6-2-3-7-20(19)16-18;3-1(4)2(5)6/h2-3,6-9,16,21H,1,4-5,10-15,17H2;(H,3,4)(H,5,6). The molecule has 4 rings (SSSR count). The highest BCUT2D eigenvalue weighted by Crippen LogP contribution is 2.23. The second-order valence-electron chi connectivity index (χ2n) is 7.90. The first-order chi connectivity index (χ1) is 14.0. The van der Waals surface area contributed by atoms with Crippen molar-refractivity contribution in [2.75, 3.05) is 26.2 Å². The molecule has 6 heteroatoms. The monoisotopic (exact) mass is 398 g/mol. The zero-order valence-corrected chi connectivity index (χ0v) is 16.8.